The van der Waals surface area contributed by atoms with Crippen molar-refractivity contribution in [2.24, 2.45) is 0 Å². The molecule has 1 heterocycles. The number of anilines is 1. The lowest BCUT2D eigenvalue weighted by Gasteiger charge is -2.36. The molecule has 2 aromatic carbocycles. The molecular weight excluding hydrogens is 328 g/mol. The fourth-order valence-corrected chi connectivity index (χ4v) is 3.02. The van der Waals surface area contributed by atoms with E-state index in [0.717, 1.165) is 5.69 Å². The lowest BCUT2D eigenvalue weighted by molar-refractivity contribution is -0.255. The summed E-state index contributed by atoms with van der Waals surface area (Å²) >= 11 is 6.09. The Morgan fingerprint density at radius 1 is 0.958 bits per heavy atom. The van der Waals surface area contributed by atoms with Crippen LogP contribution in [0.2, 0.25) is 5.02 Å². The molecule has 0 spiro atoms. The quantitative estimate of drug-likeness (QED) is 0.850. The third kappa shape index (κ3) is 3.36. The molecule has 0 radical (unpaired) electrons. The van der Waals surface area contributed by atoms with Crippen molar-refractivity contribution in [1.82, 2.24) is 4.90 Å². The van der Waals surface area contributed by atoms with E-state index in [1.165, 1.54) is 6.07 Å². The molecule has 0 bridgehead atoms. The number of hydrogen-bond acceptors (Lipinski definition) is 4. The third-order valence-corrected chi connectivity index (χ3v) is 4.45. The van der Waals surface area contributed by atoms with Gasteiger partial charge in [0.15, 0.2) is 0 Å². The zero-order valence-corrected chi connectivity index (χ0v) is 13.7. The van der Waals surface area contributed by atoms with Crippen LogP contribution in [0.25, 0.3) is 0 Å². The number of hydrogen-bond donors (Lipinski definition) is 0. The highest BCUT2D eigenvalue weighted by Crippen LogP contribution is 2.21. The highest BCUT2D eigenvalue weighted by molar-refractivity contribution is 6.33. The lowest BCUT2D eigenvalue weighted by Crippen LogP contribution is -2.48. The van der Waals surface area contributed by atoms with E-state index in [1.807, 2.05) is 6.07 Å². The second-order valence-electron chi connectivity index (χ2n) is 5.60. The lowest BCUT2D eigenvalue weighted by atomic mass is 10.1. The number of carboxylic acid groups (broad SMARTS) is 1. The van der Waals surface area contributed by atoms with Gasteiger partial charge in [-0.1, -0.05) is 35.9 Å². The van der Waals surface area contributed by atoms with Crippen LogP contribution in [0.15, 0.2) is 48.5 Å². The summed E-state index contributed by atoms with van der Waals surface area (Å²) in [4.78, 5) is 27.3. The van der Waals surface area contributed by atoms with Crippen LogP contribution in [0.3, 0.4) is 0 Å². The number of carbonyl (C=O) groups is 2. The topological polar surface area (TPSA) is 63.7 Å². The maximum absolute atomic E-state index is 12.5. The first-order valence-electron chi connectivity index (χ1n) is 7.66. The molecule has 1 amide bonds. The van der Waals surface area contributed by atoms with Crippen molar-refractivity contribution in [1.29, 1.82) is 0 Å². The molecule has 24 heavy (non-hydrogen) atoms. The zero-order chi connectivity index (χ0) is 17.1. The SMILES string of the molecule is O=C([O-])c1cccc(N2CCN(C(=O)c3ccccc3Cl)CC2)c1. The molecule has 1 fully saturated rings. The summed E-state index contributed by atoms with van der Waals surface area (Å²) in [6.45, 7) is 2.37. The van der Waals surface area contributed by atoms with Crippen LogP contribution < -0.4 is 10.0 Å². The van der Waals surface area contributed by atoms with Crippen LogP contribution in [-0.4, -0.2) is 43.0 Å². The number of piperazine rings is 1. The summed E-state index contributed by atoms with van der Waals surface area (Å²) < 4.78 is 0. The number of nitrogens with zero attached hydrogens (tertiary/aromatic N) is 2. The Morgan fingerprint density at radius 3 is 2.33 bits per heavy atom. The molecule has 5 nitrogen and oxygen atoms in total. The van der Waals surface area contributed by atoms with E-state index in [0.29, 0.717) is 36.8 Å². The van der Waals surface area contributed by atoms with E-state index in [-0.39, 0.29) is 11.5 Å². The first kappa shape index (κ1) is 16.3. The summed E-state index contributed by atoms with van der Waals surface area (Å²) in [5.74, 6) is -1.27. The highest BCUT2D eigenvalue weighted by atomic mass is 35.5. The molecule has 6 heteroatoms. The molecule has 0 unspecified atom stereocenters. The summed E-state index contributed by atoms with van der Waals surface area (Å²) in [5, 5.41) is 11.4. The van der Waals surface area contributed by atoms with Crippen molar-refractivity contribution in [3.05, 3.63) is 64.7 Å². The monoisotopic (exact) mass is 343 g/mol. The Balaban J connectivity index is 1.68. The predicted octanol–water partition coefficient (Wildman–Crippen LogP) is 1.67. The van der Waals surface area contributed by atoms with Crippen LogP contribution >= 0.6 is 11.6 Å². The Kier molecular flexibility index (Phi) is 4.71. The minimum atomic E-state index is -1.19. The number of carboxylic acids is 1. The molecule has 1 aliphatic rings. The second kappa shape index (κ2) is 6.93. The standard InChI is InChI=1S/C18H17ClN2O3/c19-16-7-2-1-6-15(16)17(22)21-10-8-20(9-11-21)14-5-3-4-13(12-14)18(23)24/h1-7,12H,8-11H2,(H,23,24)/p-1. The normalized spacial score (nSPS) is 14.5. The van der Waals surface area contributed by atoms with Gasteiger partial charge in [-0.05, 0) is 29.8 Å². The molecular formula is C18H16ClN2O3-. The molecule has 0 N–H and O–H groups in total. The van der Waals surface area contributed by atoms with E-state index in [2.05, 4.69) is 4.90 Å². The van der Waals surface area contributed by atoms with Gasteiger partial charge in [-0.2, -0.15) is 0 Å². The second-order valence-corrected chi connectivity index (χ2v) is 6.00. The first-order chi connectivity index (χ1) is 11.6. The smallest absolute Gasteiger partial charge is 0.255 e. The Hall–Kier alpha value is -2.53. The Morgan fingerprint density at radius 2 is 1.67 bits per heavy atom. The number of amides is 1. The van der Waals surface area contributed by atoms with Crippen LogP contribution in [0.4, 0.5) is 5.69 Å². The Bertz CT molecular complexity index is 770. The van der Waals surface area contributed by atoms with Crippen LogP contribution in [0.1, 0.15) is 20.7 Å². The van der Waals surface area contributed by atoms with Gasteiger partial charge in [-0.15, -0.1) is 0 Å². The summed E-state index contributed by atoms with van der Waals surface area (Å²) in [6.07, 6.45) is 0. The minimum Gasteiger partial charge on any atom is -0.545 e. The van der Waals surface area contributed by atoms with Gasteiger partial charge in [0.1, 0.15) is 0 Å². The summed E-state index contributed by atoms with van der Waals surface area (Å²) in [6, 6.07) is 13.7. The molecule has 0 atom stereocenters. The van der Waals surface area contributed by atoms with Crippen LogP contribution in [-0.2, 0) is 0 Å². The van der Waals surface area contributed by atoms with Gasteiger partial charge in [0.2, 0.25) is 0 Å². The summed E-state index contributed by atoms with van der Waals surface area (Å²) in [7, 11) is 0. The molecule has 3 rings (SSSR count). The van der Waals surface area contributed by atoms with Crippen LogP contribution in [0.5, 0.6) is 0 Å². The van der Waals surface area contributed by atoms with E-state index >= 15 is 0 Å². The van der Waals surface area contributed by atoms with Gasteiger partial charge >= 0.3 is 0 Å². The minimum absolute atomic E-state index is 0.0799. The van der Waals surface area contributed by atoms with Crippen molar-refractivity contribution in [3.63, 3.8) is 0 Å². The zero-order valence-electron chi connectivity index (χ0n) is 12.9. The average Bonchev–Trinajstić information content (AvgIpc) is 2.62. The fraction of sp³-hybridized carbons (Fsp3) is 0.222. The maximum atomic E-state index is 12.5. The number of rotatable bonds is 3. The van der Waals surface area contributed by atoms with E-state index < -0.39 is 5.97 Å². The van der Waals surface area contributed by atoms with Gasteiger partial charge in [-0.25, -0.2) is 0 Å². The molecule has 0 saturated carbocycles. The van der Waals surface area contributed by atoms with Crippen molar-refractivity contribution in [2.75, 3.05) is 31.1 Å². The third-order valence-electron chi connectivity index (χ3n) is 4.12. The summed E-state index contributed by atoms with van der Waals surface area (Å²) in [5.41, 5.74) is 1.48. The number of halogens is 1. The largest absolute Gasteiger partial charge is 0.545 e. The van der Waals surface area contributed by atoms with Gasteiger partial charge in [0, 0.05) is 31.9 Å². The van der Waals surface area contributed by atoms with Crippen molar-refractivity contribution in [2.45, 2.75) is 0 Å². The van der Waals surface area contributed by atoms with Gasteiger partial charge in [0.05, 0.1) is 16.6 Å². The average molecular weight is 344 g/mol. The fourth-order valence-electron chi connectivity index (χ4n) is 2.80. The number of aromatic carboxylic acids is 1. The molecule has 124 valence electrons. The molecule has 2 aromatic rings. The molecule has 0 aromatic heterocycles. The molecule has 1 saturated heterocycles. The van der Waals surface area contributed by atoms with E-state index in [9.17, 15) is 14.7 Å². The maximum Gasteiger partial charge on any atom is 0.255 e. The molecule has 0 aliphatic carbocycles. The number of carbonyl (C=O) groups excluding carboxylic acids is 2. The predicted molar refractivity (Wildman–Crippen MR) is 90.3 cm³/mol. The van der Waals surface area contributed by atoms with Crippen molar-refractivity contribution >= 4 is 29.2 Å². The van der Waals surface area contributed by atoms with Crippen molar-refractivity contribution < 1.29 is 14.7 Å². The Labute approximate surface area is 145 Å². The van der Waals surface area contributed by atoms with E-state index in [4.69, 9.17) is 11.6 Å². The highest BCUT2D eigenvalue weighted by Gasteiger charge is 2.23. The van der Waals surface area contributed by atoms with Gasteiger partial charge in [0.25, 0.3) is 5.91 Å². The van der Waals surface area contributed by atoms with Gasteiger partial charge < -0.3 is 19.7 Å². The molecule has 1 aliphatic heterocycles. The van der Waals surface area contributed by atoms with E-state index in [1.54, 1.807) is 41.3 Å². The van der Waals surface area contributed by atoms with Crippen molar-refractivity contribution in [3.8, 4) is 0 Å². The first-order valence-corrected chi connectivity index (χ1v) is 8.04. The number of benzene rings is 2. The van der Waals surface area contributed by atoms with Crippen LogP contribution in [0, 0.1) is 0 Å². The van der Waals surface area contributed by atoms with Gasteiger partial charge in [-0.3, -0.25) is 4.79 Å².